The van der Waals surface area contributed by atoms with Gasteiger partial charge in [0.2, 0.25) is 0 Å². The van der Waals surface area contributed by atoms with E-state index in [1.165, 1.54) is 32.8 Å². The van der Waals surface area contributed by atoms with E-state index in [9.17, 15) is 9.90 Å². The van der Waals surface area contributed by atoms with Crippen LogP contribution in [0.15, 0.2) is 0 Å². The summed E-state index contributed by atoms with van der Waals surface area (Å²) < 4.78 is 4.88. The van der Waals surface area contributed by atoms with E-state index in [-0.39, 0.29) is 5.97 Å². The fourth-order valence-corrected chi connectivity index (χ4v) is 6.90. The summed E-state index contributed by atoms with van der Waals surface area (Å²) in [6.45, 7) is 0.365. The highest BCUT2D eigenvalue weighted by molar-refractivity contribution is 5.69. The number of hydrogen-bond acceptors (Lipinski definition) is 3. The fraction of sp³-hybridized carbons (Fsp3) is 0.941. The van der Waals surface area contributed by atoms with E-state index < -0.39 is 0 Å². The van der Waals surface area contributed by atoms with Gasteiger partial charge in [-0.1, -0.05) is 0 Å². The van der Waals surface area contributed by atoms with Crippen molar-refractivity contribution in [2.24, 2.45) is 47.3 Å². The third kappa shape index (κ3) is 1.71. The van der Waals surface area contributed by atoms with Crippen LogP contribution in [0.25, 0.3) is 0 Å². The van der Waals surface area contributed by atoms with E-state index in [1.54, 1.807) is 0 Å². The maximum atomic E-state index is 11.6. The molecule has 3 nitrogen and oxygen atoms in total. The standard InChI is InChI=1S/C17H26O3/c1-20-15(19)8-10-5-12-7-14(10)17-11-4-9(2-3-18)13(6-11)16(12)17/h9-14,16-18H,2-8H2,1H3. The molecule has 8 unspecified atom stereocenters. The zero-order valence-corrected chi connectivity index (χ0v) is 12.3. The lowest BCUT2D eigenvalue weighted by Crippen LogP contribution is -2.36. The van der Waals surface area contributed by atoms with Crippen molar-refractivity contribution in [1.29, 1.82) is 0 Å². The number of aliphatic hydroxyl groups excluding tert-OH is 1. The number of carbonyl (C=O) groups is 1. The quantitative estimate of drug-likeness (QED) is 0.635. The smallest absolute Gasteiger partial charge is 0.305 e. The number of methoxy groups -OCH3 is 1. The van der Waals surface area contributed by atoms with E-state index in [1.807, 2.05) is 0 Å². The van der Waals surface area contributed by atoms with E-state index in [0.717, 1.165) is 47.8 Å². The average Bonchev–Trinajstić information content (AvgIpc) is 3.15. The van der Waals surface area contributed by atoms with Crippen molar-refractivity contribution in [3.8, 4) is 0 Å². The van der Waals surface area contributed by atoms with E-state index in [2.05, 4.69) is 0 Å². The number of hydrogen-bond donors (Lipinski definition) is 1. The first-order valence-corrected chi connectivity index (χ1v) is 8.40. The molecule has 4 rings (SSSR count). The van der Waals surface area contributed by atoms with Gasteiger partial charge in [-0.2, -0.15) is 0 Å². The molecule has 0 amide bonds. The normalized spacial score (nSPS) is 51.5. The molecule has 0 aromatic carbocycles. The van der Waals surface area contributed by atoms with Crippen molar-refractivity contribution in [3.63, 3.8) is 0 Å². The Hall–Kier alpha value is -0.570. The summed E-state index contributed by atoms with van der Waals surface area (Å²) in [6, 6.07) is 0. The minimum atomic E-state index is -0.0135. The Kier molecular flexibility index (Phi) is 3.10. The van der Waals surface area contributed by atoms with Crippen LogP contribution in [0.3, 0.4) is 0 Å². The zero-order valence-electron chi connectivity index (χ0n) is 12.3. The van der Waals surface area contributed by atoms with Crippen LogP contribution in [0.1, 0.15) is 38.5 Å². The van der Waals surface area contributed by atoms with Crippen molar-refractivity contribution in [2.45, 2.75) is 38.5 Å². The lowest BCUT2D eigenvalue weighted by Gasteiger charge is -2.41. The molecule has 8 atom stereocenters. The minimum absolute atomic E-state index is 0.0135. The molecule has 0 saturated heterocycles. The largest absolute Gasteiger partial charge is 0.469 e. The second-order valence-electron chi connectivity index (χ2n) is 7.76. The molecule has 4 bridgehead atoms. The van der Waals surface area contributed by atoms with E-state index in [0.29, 0.717) is 18.9 Å². The van der Waals surface area contributed by atoms with Gasteiger partial charge in [-0.25, -0.2) is 0 Å². The van der Waals surface area contributed by atoms with Gasteiger partial charge in [0.05, 0.1) is 7.11 Å². The Balaban J connectivity index is 1.48. The third-order valence-electron chi connectivity index (χ3n) is 7.25. The van der Waals surface area contributed by atoms with Gasteiger partial charge < -0.3 is 9.84 Å². The number of ether oxygens (including phenoxy) is 1. The highest BCUT2D eigenvalue weighted by Crippen LogP contribution is 2.70. The number of rotatable bonds is 4. The van der Waals surface area contributed by atoms with Crippen molar-refractivity contribution < 1.29 is 14.6 Å². The van der Waals surface area contributed by atoms with Gasteiger partial charge in [0.15, 0.2) is 0 Å². The van der Waals surface area contributed by atoms with Gasteiger partial charge in [-0.15, -0.1) is 0 Å². The molecular weight excluding hydrogens is 252 g/mol. The monoisotopic (exact) mass is 278 g/mol. The first-order chi connectivity index (χ1) is 9.72. The van der Waals surface area contributed by atoms with Crippen LogP contribution in [0, 0.1) is 47.3 Å². The molecular formula is C17H26O3. The maximum absolute atomic E-state index is 11.6. The Morgan fingerprint density at radius 1 is 1.05 bits per heavy atom. The van der Waals surface area contributed by atoms with Gasteiger partial charge in [0, 0.05) is 13.0 Å². The van der Waals surface area contributed by atoms with Crippen LogP contribution in [-0.2, 0) is 9.53 Å². The lowest BCUT2D eigenvalue weighted by atomic mass is 9.64. The SMILES string of the molecule is COC(=O)CC1CC2CC1C1C3CC(CCO)C(C3)C21. The predicted molar refractivity (Wildman–Crippen MR) is 74.7 cm³/mol. The number of aliphatic hydroxyl groups is 1. The molecule has 0 aliphatic heterocycles. The summed E-state index contributed by atoms with van der Waals surface area (Å²) >= 11 is 0. The Morgan fingerprint density at radius 3 is 2.25 bits per heavy atom. The highest BCUT2D eigenvalue weighted by atomic mass is 16.5. The minimum Gasteiger partial charge on any atom is -0.469 e. The van der Waals surface area contributed by atoms with Crippen LogP contribution in [0.4, 0.5) is 0 Å². The summed E-state index contributed by atoms with van der Waals surface area (Å²) in [4.78, 5) is 11.6. The Labute approximate surface area is 121 Å². The molecule has 4 fully saturated rings. The van der Waals surface area contributed by atoms with Crippen LogP contribution < -0.4 is 0 Å². The first kappa shape index (κ1) is 13.1. The summed E-state index contributed by atoms with van der Waals surface area (Å²) in [5.74, 6) is 6.69. The van der Waals surface area contributed by atoms with Crippen molar-refractivity contribution in [1.82, 2.24) is 0 Å². The fourth-order valence-electron chi connectivity index (χ4n) is 6.90. The van der Waals surface area contributed by atoms with Gasteiger partial charge >= 0.3 is 5.97 Å². The molecule has 0 heterocycles. The number of esters is 1. The van der Waals surface area contributed by atoms with Crippen molar-refractivity contribution in [3.05, 3.63) is 0 Å². The molecule has 1 N–H and O–H groups in total. The molecule has 0 aromatic heterocycles. The molecule has 4 saturated carbocycles. The molecule has 0 spiro atoms. The lowest BCUT2D eigenvalue weighted by molar-refractivity contribution is -0.142. The molecule has 4 aliphatic carbocycles. The Morgan fingerprint density at radius 2 is 1.65 bits per heavy atom. The maximum Gasteiger partial charge on any atom is 0.305 e. The highest BCUT2D eigenvalue weighted by Gasteiger charge is 2.64. The third-order valence-corrected chi connectivity index (χ3v) is 7.25. The summed E-state index contributed by atoms with van der Waals surface area (Å²) in [5.41, 5.74) is 0. The molecule has 4 aliphatic rings. The van der Waals surface area contributed by atoms with Gasteiger partial charge in [0.25, 0.3) is 0 Å². The summed E-state index contributed by atoms with van der Waals surface area (Å²) in [6.07, 6.45) is 7.07. The van der Waals surface area contributed by atoms with Crippen LogP contribution >= 0.6 is 0 Å². The van der Waals surface area contributed by atoms with E-state index >= 15 is 0 Å². The molecule has 0 aromatic rings. The van der Waals surface area contributed by atoms with Gasteiger partial charge in [0.1, 0.15) is 0 Å². The topological polar surface area (TPSA) is 46.5 Å². The first-order valence-electron chi connectivity index (χ1n) is 8.40. The molecule has 20 heavy (non-hydrogen) atoms. The predicted octanol–water partition coefficient (Wildman–Crippen LogP) is 2.48. The summed E-state index contributed by atoms with van der Waals surface area (Å²) in [5, 5.41) is 9.24. The average molecular weight is 278 g/mol. The zero-order chi connectivity index (χ0) is 13.9. The van der Waals surface area contributed by atoms with Crippen LogP contribution in [0.5, 0.6) is 0 Å². The van der Waals surface area contributed by atoms with Gasteiger partial charge in [-0.3, -0.25) is 4.79 Å². The second-order valence-corrected chi connectivity index (χ2v) is 7.76. The van der Waals surface area contributed by atoms with Gasteiger partial charge in [-0.05, 0) is 79.4 Å². The van der Waals surface area contributed by atoms with Crippen LogP contribution in [0.2, 0.25) is 0 Å². The van der Waals surface area contributed by atoms with E-state index in [4.69, 9.17) is 4.74 Å². The molecule has 3 heteroatoms. The number of carbonyl (C=O) groups excluding carboxylic acids is 1. The second kappa shape index (κ2) is 4.72. The number of fused-ring (bicyclic) bond motifs is 9. The molecule has 112 valence electrons. The molecule has 0 radical (unpaired) electrons. The van der Waals surface area contributed by atoms with Crippen LogP contribution in [-0.4, -0.2) is 24.8 Å². The Bertz CT molecular complexity index is 405. The summed E-state index contributed by atoms with van der Waals surface area (Å²) in [7, 11) is 1.51. The van der Waals surface area contributed by atoms with Crippen molar-refractivity contribution in [2.75, 3.05) is 13.7 Å². The van der Waals surface area contributed by atoms with Crippen molar-refractivity contribution >= 4 is 5.97 Å².